The molecule has 0 aliphatic rings. The van der Waals surface area contributed by atoms with Gasteiger partial charge in [0.2, 0.25) is 5.91 Å². The molecule has 0 saturated carbocycles. The first-order valence-corrected chi connectivity index (χ1v) is 8.26. The lowest BCUT2D eigenvalue weighted by atomic mass is 9.97. The number of hydrogen-bond acceptors (Lipinski definition) is 2. The third-order valence-electron chi connectivity index (χ3n) is 3.78. The van der Waals surface area contributed by atoms with Crippen molar-refractivity contribution in [1.29, 1.82) is 0 Å². The van der Waals surface area contributed by atoms with Gasteiger partial charge in [0.15, 0.2) is 0 Å². The highest BCUT2D eigenvalue weighted by Crippen LogP contribution is 2.22. The maximum absolute atomic E-state index is 12.3. The van der Waals surface area contributed by atoms with Crippen LogP contribution in [0.1, 0.15) is 37.4 Å². The fourth-order valence-electron chi connectivity index (χ4n) is 2.62. The van der Waals surface area contributed by atoms with E-state index >= 15 is 0 Å². The van der Waals surface area contributed by atoms with Gasteiger partial charge in [0, 0.05) is 11.6 Å². The fraction of sp³-hybridized carbons (Fsp3) is 0.286. The quantitative estimate of drug-likeness (QED) is 0.756. The van der Waals surface area contributed by atoms with E-state index in [4.69, 9.17) is 4.74 Å². The van der Waals surface area contributed by atoms with E-state index in [1.807, 2.05) is 42.5 Å². The summed E-state index contributed by atoms with van der Waals surface area (Å²) in [6, 6.07) is 17.7. The Bertz CT molecular complexity index is 677. The second-order valence-corrected chi connectivity index (χ2v) is 6.18. The van der Waals surface area contributed by atoms with Crippen molar-refractivity contribution < 1.29 is 9.53 Å². The molecule has 0 bridgehead atoms. The van der Waals surface area contributed by atoms with Crippen LogP contribution in [0.3, 0.4) is 0 Å². The Hall–Kier alpha value is -2.55. The summed E-state index contributed by atoms with van der Waals surface area (Å²) >= 11 is 0. The maximum atomic E-state index is 12.3. The average molecular weight is 323 g/mol. The van der Waals surface area contributed by atoms with Gasteiger partial charge in [-0.1, -0.05) is 62.4 Å². The lowest BCUT2D eigenvalue weighted by Gasteiger charge is -2.20. The second-order valence-electron chi connectivity index (χ2n) is 6.18. The Morgan fingerprint density at radius 1 is 1.08 bits per heavy atom. The zero-order valence-corrected chi connectivity index (χ0v) is 14.5. The van der Waals surface area contributed by atoms with Crippen molar-refractivity contribution in [2.75, 3.05) is 7.11 Å². The van der Waals surface area contributed by atoms with Crippen LogP contribution >= 0.6 is 0 Å². The molecule has 1 N–H and O–H groups in total. The summed E-state index contributed by atoms with van der Waals surface area (Å²) in [6.45, 7) is 4.32. The highest BCUT2D eigenvalue weighted by atomic mass is 16.5. The van der Waals surface area contributed by atoms with Crippen LogP contribution in [-0.2, 0) is 4.79 Å². The van der Waals surface area contributed by atoms with Crippen LogP contribution in [0.5, 0.6) is 5.75 Å². The van der Waals surface area contributed by atoms with Gasteiger partial charge >= 0.3 is 0 Å². The Balaban J connectivity index is 2.09. The monoisotopic (exact) mass is 323 g/mol. The zero-order valence-electron chi connectivity index (χ0n) is 14.5. The summed E-state index contributed by atoms with van der Waals surface area (Å²) in [7, 11) is 1.63. The molecule has 0 aliphatic carbocycles. The molecule has 2 aromatic carbocycles. The van der Waals surface area contributed by atoms with Crippen LogP contribution in [0.4, 0.5) is 0 Å². The summed E-state index contributed by atoms with van der Waals surface area (Å²) < 4.78 is 5.30. The van der Waals surface area contributed by atoms with Gasteiger partial charge in [-0.3, -0.25) is 4.79 Å². The number of hydrogen-bond donors (Lipinski definition) is 1. The van der Waals surface area contributed by atoms with Gasteiger partial charge < -0.3 is 10.1 Å². The summed E-state index contributed by atoms with van der Waals surface area (Å²) in [6.07, 6.45) is 4.25. The minimum atomic E-state index is -0.101. The highest BCUT2D eigenvalue weighted by Gasteiger charge is 2.14. The average Bonchev–Trinajstić information content (AvgIpc) is 2.60. The van der Waals surface area contributed by atoms with Crippen LogP contribution in [-0.4, -0.2) is 13.0 Å². The van der Waals surface area contributed by atoms with Crippen LogP contribution in [0.15, 0.2) is 60.7 Å². The van der Waals surface area contributed by atoms with E-state index < -0.39 is 0 Å². The molecule has 0 unspecified atom stereocenters. The molecule has 3 nitrogen and oxygen atoms in total. The number of nitrogens with one attached hydrogen (secondary N) is 1. The van der Waals surface area contributed by atoms with Gasteiger partial charge in [-0.05, 0) is 30.0 Å². The molecule has 24 heavy (non-hydrogen) atoms. The molecule has 3 heteroatoms. The van der Waals surface area contributed by atoms with E-state index in [0.717, 1.165) is 23.3 Å². The Morgan fingerprint density at radius 2 is 1.75 bits per heavy atom. The van der Waals surface area contributed by atoms with Gasteiger partial charge in [0.25, 0.3) is 0 Å². The first kappa shape index (κ1) is 17.8. The highest BCUT2D eigenvalue weighted by molar-refractivity contribution is 5.92. The smallest absolute Gasteiger partial charge is 0.244 e. The summed E-state index contributed by atoms with van der Waals surface area (Å²) in [5, 5.41) is 3.11. The van der Waals surface area contributed by atoms with Gasteiger partial charge in [-0.15, -0.1) is 0 Å². The number of carbonyl (C=O) groups is 1. The van der Waals surface area contributed by atoms with E-state index in [0.29, 0.717) is 5.92 Å². The molecule has 0 heterocycles. The lowest BCUT2D eigenvalue weighted by molar-refractivity contribution is -0.117. The Labute approximate surface area is 144 Å². The molecule has 0 fully saturated rings. The molecule has 0 aliphatic heterocycles. The minimum absolute atomic E-state index is 0.0148. The lowest BCUT2D eigenvalue weighted by Crippen LogP contribution is -2.27. The van der Waals surface area contributed by atoms with Crippen molar-refractivity contribution in [1.82, 2.24) is 5.32 Å². The molecular weight excluding hydrogens is 298 g/mol. The fourth-order valence-corrected chi connectivity index (χ4v) is 2.62. The molecular formula is C21H25NO2. The molecule has 2 rings (SSSR count). The number of para-hydroxylation sites is 1. The van der Waals surface area contributed by atoms with Crippen LogP contribution in [0.2, 0.25) is 0 Å². The van der Waals surface area contributed by atoms with Crippen LogP contribution in [0.25, 0.3) is 6.08 Å². The number of carbonyl (C=O) groups excluding carboxylic acids is 1. The van der Waals surface area contributed by atoms with Gasteiger partial charge in [0.05, 0.1) is 13.2 Å². The maximum Gasteiger partial charge on any atom is 0.244 e. The predicted molar refractivity (Wildman–Crippen MR) is 98.8 cm³/mol. The number of ether oxygens (including phenoxy) is 1. The van der Waals surface area contributed by atoms with Crippen LogP contribution in [0, 0.1) is 5.92 Å². The molecule has 126 valence electrons. The molecule has 0 spiro atoms. The number of amides is 1. The predicted octanol–water partition coefficient (Wildman–Crippen LogP) is 4.61. The summed E-state index contributed by atoms with van der Waals surface area (Å²) in [5.41, 5.74) is 2.01. The molecule has 0 radical (unpaired) electrons. The summed E-state index contributed by atoms with van der Waals surface area (Å²) in [4.78, 5) is 12.3. The normalized spacial score (nSPS) is 12.3. The molecule has 0 aromatic heterocycles. The van der Waals surface area contributed by atoms with E-state index in [1.165, 1.54) is 0 Å². The standard InChI is InChI=1S/C21H25NO2/c1-16(2)15-19(17-9-5-4-6-10-17)22-21(23)14-13-18-11-7-8-12-20(18)24-3/h4-14,16,19H,15H2,1-3H3,(H,22,23)/b14-13+/t19-/m1/s1. The van der Waals surface area contributed by atoms with Crippen molar-refractivity contribution in [3.05, 3.63) is 71.8 Å². The van der Waals surface area contributed by atoms with Gasteiger partial charge in [0.1, 0.15) is 5.75 Å². The Morgan fingerprint density at radius 3 is 2.42 bits per heavy atom. The first-order chi connectivity index (χ1) is 11.6. The first-order valence-electron chi connectivity index (χ1n) is 8.26. The van der Waals surface area contributed by atoms with E-state index in [2.05, 4.69) is 31.3 Å². The molecule has 1 amide bonds. The minimum Gasteiger partial charge on any atom is -0.496 e. The number of rotatable bonds is 7. The SMILES string of the molecule is COc1ccccc1/C=C/C(=O)N[C@H](CC(C)C)c1ccccc1. The van der Waals surface area contributed by atoms with Gasteiger partial charge in [-0.2, -0.15) is 0 Å². The van der Waals surface area contributed by atoms with E-state index in [1.54, 1.807) is 19.3 Å². The number of benzene rings is 2. The van der Waals surface area contributed by atoms with Gasteiger partial charge in [-0.25, -0.2) is 0 Å². The largest absolute Gasteiger partial charge is 0.496 e. The topological polar surface area (TPSA) is 38.3 Å². The molecule has 0 saturated heterocycles. The third-order valence-corrected chi connectivity index (χ3v) is 3.78. The Kier molecular flexibility index (Phi) is 6.62. The number of methoxy groups -OCH3 is 1. The van der Waals surface area contributed by atoms with Crippen LogP contribution < -0.4 is 10.1 Å². The van der Waals surface area contributed by atoms with Crippen molar-refractivity contribution in [3.63, 3.8) is 0 Å². The van der Waals surface area contributed by atoms with E-state index in [9.17, 15) is 4.79 Å². The van der Waals surface area contributed by atoms with Crippen molar-refractivity contribution in [3.8, 4) is 5.75 Å². The third kappa shape index (κ3) is 5.27. The summed E-state index contributed by atoms with van der Waals surface area (Å²) in [5.74, 6) is 1.15. The second kappa shape index (κ2) is 8.92. The van der Waals surface area contributed by atoms with Crippen molar-refractivity contribution in [2.45, 2.75) is 26.3 Å². The zero-order chi connectivity index (χ0) is 17.4. The van der Waals surface area contributed by atoms with Crippen molar-refractivity contribution >= 4 is 12.0 Å². The molecule has 1 atom stereocenters. The van der Waals surface area contributed by atoms with Crippen molar-refractivity contribution in [2.24, 2.45) is 5.92 Å². The molecule has 2 aromatic rings. The van der Waals surface area contributed by atoms with E-state index in [-0.39, 0.29) is 11.9 Å².